The Morgan fingerprint density at radius 2 is 1.22 bits per heavy atom. The summed E-state index contributed by atoms with van der Waals surface area (Å²) < 4.78 is 5.55. The zero-order valence-corrected chi connectivity index (χ0v) is 21.6. The summed E-state index contributed by atoms with van der Waals surface area (Å²) in [6.07, 6.45) is -0.822. The van der Waals surface area contributed by atoms with Crippen molar-refractivity contribution in [1.82, 2.24) is 0 Å². The van der Waals surface area contributed by atoms with Gasteiger partial charge in [0.05, 0.1) is 22.9 Å². The zero-order valence-electron chi connectivity index (χ0n) is 21.6. The van der Waals surface area contributed by atoms with E-state index in [1.807, 2.05) is 38.1 Å². The van der Waals surface area contributed by atoms with Crippen molar-refractivity contribution in [2.24, 2.45) is 11.8 Å². The van der Waals surface area contributed by atoms with Crippen LogP contribution in [0.25, 0.3) is 0 Å². The summed E-state index contributed by atoms with van der Waals surface area (Å²) in [4.78, 5) is 56.2. The summed E-state index contributed by atoms with van der Waals surface area (Å²) in [7, 11) is 0. The van der Waals surface area contributed by atoms with Crippen molar-refractivity contribution in [2.45, 2.75) is 45.6 Å². The minimum absolute atomic E-state index is 0.292. The smallest absolute Gasteiger partial charge is 0.421 e. The number of hydrogen-bond donors (Lipinski definition) is 0. The van der Waals surface area contributed by atoms with E-state index in [4.69, 9.17) is 4.74 Å². The van der Waals surface area contributed by atoms with Crippen molar-refractivity contribution in [3.63, 3.8) is 0 Å². The van der Waals surface area contributed by atoms with E-state index in [2.05, 4.69) is 0 Å². The van der Waals surface area contributed by atoms with E-state index in [0.29, 0.717) is 22.4 Å². The first-order valence-corrected chi connectivity index (χ1v) is 12.4. The van der Waals surface area contributed by atoms with Crippen LogP contribution in [0.2, 0.25) is 0 Å². The Kier molecular flexibility index (Phi) is 5.66. The SMILES string of the molecule is Cc1ccc(C(=O)[C@H]2[C@H](C(=O)c3ccc(C)cc3)C23C(=O)N(C(=O)OC(C)(C)C)c2ccccc23)cc1. The van der Waals surface area contributed by atoms with E-state index >= 15 is 0 Å². The molecular weight excluding hydrogens is 466 g/mol. The van der Waals surface area contributed by atoms with Crippen molar-refractivity contribution >= 4 is 29.3 Å². The van der Waals surface area contributed by atoms with Crippen molar-refractivity contribution in [1.29, 1.82) is 0 Å². The van der Waals surface area contributed by atoms with E-state index in [1.165, 1.54) is 0 Å². The lowest BCUT2D eigenvalue weighted by molar-refractivity contribution is -0.120. The first-order chi connectivity index (χ1) is 17.5. The van der Waals surface area contributed by atoms with Gasteiger partial charge in [0.15, 0.2) is 11.6 Å². The highest BCUT2D eigenvalue weighted by Gasteiger charge is 2.80. The molecule has 1 saturated carbocycles. The van der Waals surface area contributed by atoms with Crippen LogP contribution in [0.15, 0.2) is 72.8 Å². The molecule has 0 unspecified atom stereocenters. The van der Waals surface area contributed by atoms with Gasteiger partial charge in [-0.1, -0.05) is 77.9 Å². The molecule has 2 aliphatic rings. The van der Waals surface area contributed by atoms with Crippen molar-refractivity contribution < 1.29 is 23.9 Å². The Bertz CT molecular complexity index is 1370. The summed E-state index contributed by atoms with van der Waals surface area (Å²) in [5.74, 6) is -3.06. The maximum atomic E-state index is 14.2. The molecule has 1 aliphatic heterocycles. The molecule has 1 aliphatic carbocycles. The number of hydrogen-bond acceptors (Lipinski definition) is 5. The van der Waals surface area contributed by atoms with E-state index in [0.717, 1.165) is 16.0 Å². The zero-order chi connectivity index (χ0) is 26.7. The van der Waals surface area contributed by atoms with Gasteiger partial charge in [-0.3, -0.25) is 14.4 Å². The maximum Gasteiger partial charge on any atom is 0.421 e. The van der Waals surface area contributed by atoms with Crippen LogP contribution in [0.4, 0.5) is 10.5 Å². The van der Waals surface area contributed by atoms with Crippen LogP contribution < -0.4 is 4.90 Å². The minimum atomic E-state index is -1.47. The first-order valence-electron chi connectivity index (χ1n) is 12.4. The lowest BCUT2D eigenvalue weighted by atomic mass is 9.90. The molecule has 0 radical (unpaired) electrons. The van der Waals surface area contributed by atoms with E-state index in [1.54, 1.807) is 69.3 Å². The second kappa shape index (κ2) is 8.51. The van der Waals surface area contributed by atoms with Gasteiger partial charge in [0.2, 0.25) is 5.91 Å². The number of benzene rings is 3. The van der Waals surface area contributed by atoms with E-state index < -0.39 is 34.9 Å². The molecule has 0 aromatic heterocycles. The van der Waals surface area contributed by atoms with Gasteiger partial charge in [-0.15, -0.1) is 0 Å². The largest absolute Gasteiger partial charge is 0.443 e. The van der Waals surface area contributed by atoms with Gasteiger partial charge < -0.3 is 4.74 Å². The van der Waals surface area contributed by atoms with Crippen LogP contribution in [-0.4, -0.2) is 29.2 Å². The molecular formula is C31H29NO5. The Morgan fingerprint density at radius 3 is 1.68 bits per heavy atom. The van der Waals surface area contributed by atoms with E-state index in [-0.39, 0.29) is 11.6 Å². The number of carbonyl (C=O) groups excluding carboxylic acids is 4. The third-order valence-electron chi connectivity index (χ3n) is 7.17. The third kappa shape index (κ3) is 3.88. The summed E-state index contributed by atoms with van der Waals surface area (Å²) in [6, 6.07) is 21.1. The van der Waals surface area contributed by atoms with Crippen molar-refractivity contribution in [3.8, 4) is 0 Å². The van der Waals surface area contributed by atoms with Crippen LogP contribution in [0.3, 0.4) is 0 Å². The highest BCUT2D eigenvalue weighted by molar-refractivity contribution is 6.29. The molecule has 1 fully saturated rings. The van der Waals surface area contributed by atoms with Gasteiger partial charge >= 0.3 is 6.09 Å². The van der Waals surface area contributed by atoms with Gasteiger partial charge in [0, 0.05) is 11.1 Å². The highest BCUT2D eigenvalue weighted by atomic mass is 16.6. The molecule has 0 N–H and O–H groups in total. The van der Waals surface area contributed by atoms with Crippen molar-refractivity contribution in [3.05, 3.63) is 101 Å². The topological polar surface area (TPSA) is 80.8 Å². The molecule has 0 bridgehead atoms. The Balaban J connectivity index is 1.65. The van der Waals surface area contributed by atoms with Crippen LogP contribution >= 0.6 is 0 Å². The van der Waals surface area contributed by atoms with Crippen LogP contribution in [0.1, 0.15) is 58.2 Å². The molecule has 6 heteroatoms. The predicted octanol–water partition coefficient (Wildman–Crippen LogP) is 5.83. The van der Waals surface area contributed by atoms with Gasteiger partial charge in [-0.25, -0.2) is 9.69 Å². The monoisotopic (exact) mass is 495 g/mol. The van der Waals surface area contributed by atoms with Gasteiger partial charge in [-0.05, 0) is 46.2 Å². The standard InChI is InChI=1S/C31H29NO5/c1-18-10-14-20(15-11-18)26(33)24-25(27(34)21-16-12-19(2)13-17-21)31(24)22-8-6-7-9-23(22)32(28(31)35)29(36)37-30(3,4)5/h6-17,24-25H,1-5H3/t24-,25-/m1/s1. The number of para-hydroxylation sites is 1. The molecule has 6 nitrogen and oxygen atoms in total. The molecule has 3 aromatic rings. The lowest BCUT2D eigenvalue weighted by Gasteiger charge is -2.24. The maximum absolute atomic E-state index is 14.2. The Labute approximate surface area is 216 Å². The number of ether oxygens (including phenoxy) is 1. The number of nitrogens with zero attached hydrogens (tertiary/aromatic N) is 1. The number of aryl methyl sites for hydroxylation is 2. The third-order valence-corrected chi connectivity index (χ3v) is 7.17. The fourth-order valence-electron chi connectivity index (χ4n) is 5.42. The number of fused-ring (bicyclic) bond motifs is 2. The summed E-state index contributed by atoms with van der Waals surface area (Å²) in [5, 5.41) is 0. The summed E-state index contributed by atoms with van der Waals surface area (Å²) >= 11 is 0. The summed E-state index contributed by atoms with van der Waals surface area (Å²) in [5.41, 5.74) is 1.38. The second-order valence-corrected chi connectivity index (χ2v) is 10.9. The minimum Gasteiger partial charge on any atom is -0.443 e. The van der Waals surface area contributed by atoms with Crippen LogP contribution in [0, 0.1) is 25.7 Å². The molecule has 5 rings (SSSR count). The lowest BCUT2D eigenvalue weighted by Crippen LogP contribution is -2.42. The van der Waals surface area contributed by atoms with Crippen LogP contribution in [0.5, 0.6) is 0 Å². The quantitative estimate of drug-likeness (QED) is 0.425. The first kappa shape index (κ1) is 24.6. The number of anilines is 1. The van der Waals surface area contributed by atoms with Crippen LogP contribution in [-0.2, 0) is 14.9 Å². The number of imide groups is 1. The van der Waals surface area contributed by atoms with Crippen molar-refractivity contribution in [2.75, 3.05) is 4.90 Å². The molecule has 3 aromatic carbocycles. The number of amides is 2. The molecule has 1 spiro atoms. The number of carbonyl (C=O) groups is 4. The molecule has 1 heterocycles. The number of Topliss-reactive ketones (excluding diaryl/α,β-unsaturated/α-hetero) is 2. The average Bonchev–Trinajstić information content (AvgIpc) is 3.47. The Hall–Kier alpha value is -4.06. The fourth-order valence-corrected chi connectivity index (χ4v) is 5.42. The molecule has 2 amide bonds. The van der Waals surface area contributed by atoms with E-state index in [9.17, 15) is 19.2 Å². The number of rotatable bonds is 4. The molecule has 0 saturated heterocycles. The number of ketones is 2. The normalized spacial score (nSPS) is 22.1. The van der Waals surface area contributed by atoms with Gasteiger partial charge in [-0.2, -0.15) is 0 Å². The molecule has 188 valence electrons. The second-order valence-electron chi connectivity index (χ2n) is 10.9. The molecule has 2 atom stereocenters. The fraction of sp³-hybridized carbons (Fsp3) is 0.290. The average molecular weight is 496 g/mol. The predicted molar refractivity (Wildman–Crippen MR) is 140 cm³/mol. The van der Waals surface area contributed by atoms with Gasteiger partial charge in [0.1, 0.15) is 5.60 Å². The highest BCUT2D eigenvalue weighted by Crippen LogP contribution is 2.67. The van der Waals surface area contributed by atoms with Gasteiger partial charge in [0.25, 0.3) is 0 Å². The molecule has 37 heavy (non-hydrogen) atoms. The Morgan fingerprint density at radius 1 is 0.757 bits per heavy atom. The summed E-state index contributed by atoms with van der Waals surface area (Å²) in [6.45, 7) is 9.01.